The number of methoxy groups -OCH3 is 1. The summed E-state index contributed by atoms with van der Waals surface area (Å²) in [5.74, 6) is 1.56. The second-order valence-electron chi connectivity index (χ2n) is 7.68. The minimum absolute atomic E-state index is 0.0558. The van der Waals surface area contributed by atoms with Crippen molar-refractivity contribution >= 4 is 5.91 Å². The quantitative estimate of drug-likeness (QED) is 0.805. The van der Waals surface area contributed by atoms with Gasteiger partial charge in [0.05, 0.1) is 36.6 Å². The molecule has 1 saturated heterocycles. The van der Waals surface area contributed by atoms with E-state index in [0.29, 0.717) is 24.5 Å². The van der Waals surface area contributed by atoms with Gasteiger partial charge in [-0.3, -0.25) is 9.69 Å². The molecule has 2 aromatic rings. The number of aryl methyl sites for hydroxylation is 1. The largest absolute Gasteiger partial charge is 0.481 e. The number of carbonyl (C=O) groups excluding carboxylic acids is 1. The molecule has 7 nitrogen and oxygen atoms in total. The second kappa shape index (κ2) is 6.96. The van der Waals surface area contributed by atoms with Gasteiger partial charge in [-0.1, -0.05) is 5.16 Å². The average Bonchev–Trinajstić information content (AvgIpc) is 3.34. The fourth-order valence-electron chi connectivity index (χ4n) is 4.07. The van der Waals surface area contributed by atoms with E-state index in [1.54, 1.807) is 7.11 Å². The van der Waals surface area contributed by atoms with Crippen LogP contribution < -0.4 is 4.74 Å². The van der Waals surface area contributed by atoms with Crippen LogP contribution in [-0.2, 0) is 13.1 Å². The van der Waals surface area contributed by atoms with Crippen LogP contribution in [0.15, 0.2) is 16.7 Å². The summed E-state index contributed by atoms with van der Waals surface area (Å²) in [6.45, 7) is 8.17. The van der Waals surface area contributed by atoms with Gasteiger partial charge in [-0.2, -0.15) is 0 Å². The molecule has 144 valence electrons. The molecule has 0 bridgehead atoms. The Balaban J connectivity index is 1.62. The van der Waals surface area contributed by atoms with Gasteiger partial charge in [-0.15, -0.1) is 0 Å². The van der Waals surface area contributed by atoms with E-state index in [-0.39, 0.29) is 18.0 Å². The molecule has 0 radical (unpaired) electrons. The molecule has 7 heteroatoms. The number of aromatic nitrogens is 2. The third kappa shape index (κ3) is 3.20. The minimum atomic E-state index is 0.0558. The summed E-state index contributed by atoms with van der Waals surface area (Å²) in [6.07, 6.45) is 2.14. The highest BCUT2D eigenvalue weighted by molar-refractivity contribution is 5.98. The number of pyridine rings is 1. The lowest BCUT2D eigenvalue weighted by Crippen LogP contribution is -2.30. The van der Waals surface area contributed by atoms with Gasteiger partial charge >= 0.3 is 0 Å². The molecule has 2 aromatic heterocycles. The third-order valence-electron chi connectivity index (χ3n) is 5.48. The SMILES string of the molecule is COc1nc2c(cc1CN1CCC[C@H]1c1cc(C)no1)C(=O)N(C(C)C)C2. The first-order chi connectivity index (χ1) is 13.0. The fraction of sp³-hybridized carbons (Fsp3) is 0.550. The lowest BCUT2D eigenvalue weighted by Gasteiger charge is -2.23. The van der Waals surface area contributed by atoms with Crippen molar-refractivity contribution in [3.05, 3.63) is 40.4 Å². The van der Waals surface area contributed by atoms with Crippen molar-refractivity contribution in [2.24, 2.45) is 0 Å². The topological polar surface area (TPSA) is 71.7 Å². The molecule has 4 heterocycles. The van der Waals surface area contributed by atoms with Gasteiger partial charge in [0.25, 0.3) is 5.91 Å². The van der Waals surface area contributed by atoms with Crippen LogP contribution in [0, 0.1) is 6.92 Å². The lowest BCUT2D eigenvalue weighted by atomic mass is 10.1. The number of fused-ring (bicyclic) bond motifs is 1. The number of hydrogen-bond acceptors (Lipinski definition) is 6. The molecule has 2 aliphatic heterocycles. The zero-order valence-electron chi connectivity index (χ0n) is 16.4. The molecule has 1 atom stereocenters. The van der Waals surface area contributed by atoms with E-state index in [1.165, 1.54) is 0 Å². The zero-order valence-corrected chi connectivity index (χ0v) is 16.4. The number of likely N-dealkylation sites (tertiary alicyclic amines) is 1. The molecule has 0 unspecified atom stereocenters. The lowest BCUT2D eigenvalue weighted by molar-refractivity contribution is 0.0730. The first kappa shape index (κ1) is 18.0. The van der Waals surface area contributed by atoms with E-state index >= 15 is 0 Å². The number of ether oxygens (including phenoxy) is 1. The predicted octanol–water partition coefficient (Wildman–Crippen LogP) is 3.09. The van der Waals surface area contributed by atoms with Gasteiger partial charge in [0, 0.05) is 24.2 Å². The van der Waals surface area contributed by atoms with Crippen molar-refractivity contribution in [1.29, 1.82) is 0 Å². The molecule has 1 amide bonds. The summed E-state index contributed by atoms with van der Waals surface area (Å²) in [7, 11) is 1.64. The Labute approximate surface area is 159 Å². The van der Waals surface area contributed by atoms with Gasteiger partial charge in [-0.25, -0.2) is 4.98 Å². The normalized spacial score (nSPS) is 20.0. The van der Waals surface area contributed by atoms with E-state index in [4.69, 9.17) is 9.26 Å². The van der Waals surface area contributed by atoms with Crippen molar-refractivity contribution in [2.45, 2.75) is 58.8 Å². The molecule has 2 aliphatic rings. The summed E-state index contributed by atoms with van der Waals surface area (Å²) >= 11 is 0. The maximum Gasteiger partial charge on any atom is 0.256 e. The van der Waals surface area contributed by atoms with E-state index in [9.17, 15) is 4.79 Å². The standard InChI is InChI=1S/C20H26N4O3/c1-12(2)24-11-16-15(20(24)25)9-14(19(21-16)26-4)10-23-7-5-6-17(23)18-8-13(3)22-27-18/h8-9,12,17H,5-7,10-11H2,1-4H3/t17-/m0/s1. The van der Waals surface area contributed by atoms with Gasteiger partial charge in [0.1, 0.15) is 0 Å². The van der Waals surface area contributed by atoms with Crippen molar-refractivity contribution < 1.29 is 14.1 Å². The highest BCUT2D eigenvalue weighted by Crippen LogP contribution is 2.36. The van der Waals surface area contributed by atoms with Crippen LogP contribution in [0.5, 0.6) is 5.88 Å². The van der Waals surface area contributed by atoms with E-state index in [2.05, 4.69) is 15.0 Å². The molecular weight excluding hydrogens is 344 g/mol. The summed E-state index contributed by atoms with van der Waals surface area (Å²) in [5, 5.41) is 4.03. The first-order valence-corrected chi connectivity index (χ1v) is 9.53. The number of nitrogens with zero attached hydrogens (tertiary/aromatic N) is 4. The summed E-state index contributed by atoms with van der Waals surface area (Å²) < 4.78 is 11.1. The highest BCUT2D eigenvalue weighted by atomic mass is 16.5. The molecule has 0 saturated carbocycles. The molecular formula is C20H26N4O3. The summed E-state index contributed by atoms with van der Waals surface area (Å²) in [4.78, 5) is 21.6. The Morgan fingerprint density at radius 3 is 2.85 bits per heavy atom. The average molecular weight is 370 g/mol. The van der Waals surface area contributed by atoms with Gasteiger partial charge in [-0.05, 0) is 46.2 Å². The van der Waals surface area contributed by atoms with E-state index in [0.717, 1.165) is 42.1 Å². The molecule has 0 N–H and O–H groups in total. The van der Waals surface area contributed by atoms with Gasteiger partial charge < -0.3 is 14.2 Å². The van der Waals surface area contributed by atoms with Crippen LogP contribution in [0.4, 0.5) is 0 Å². The third-order valence-corrected chi connectivity index (χ3v) is 5.48. The highest BCUT2D eigenvalue weighted by Gasteiger charge is 2.34. The summed E-state index contributed by atoms with van der Waals surface area (Å²) in [6, 6.07) is 4.32. The number of rotatable bonds is 5. The Morgan fingerprint density at radius 1 is 1.37 bits per heavy atom. The van der Waals surface area contributed by atoms with Crippen molar-refractivity contribution in [3.63, 3.8) is 0 Å². The number of amides is 1. The maximum absolute atomic E-state index is 12.7. The van der Waals surface area contributed by atoms with Gasteiger partial charge in [0.15, 0.2) is 5.76 Å². The van der Waals surface area contributed by atoms with Crippen molar-refractivity contribution in [3.8, 4) is 5.88 Å². The van der Waals surface area contributed by atoms with Crippen molar-refractivity contribution in [1.82, 2.24) is 19.9 Å². The fourth-order valence-corrected chi connectivity index (χ4v) is 4.07. The molecule has 0 aliphatic carbocycles. The summed E-state index contributed by atoms with van der Waals surface area (Å²) in [5.41, 5.74) is 3.34. The zero-order chi connectivity index (χ0) is 19.1. The maximum atomic E-state index is 12.7. The van der Waals surface area contributed by atoms with Crippen LogP contribution >= 0.6 is 0 Å². The second-order valence-corrected chi connectivity index (χ2v) is 7.68. The van der Waals surface area contributed by atoms with Crippen molar-refractivity contribution in [2.75, 3.05) is 13.7 Å². The minimum Gasteiger partial charge on any atom is -0.481 e. The molecule has 1 fully saturated rings. The van der Waals surface area contributed by atoms with Gasteiger partial charge in [0.2, 0.25) is 5.88 Å². The van der Waals surface area contributed by atoms with Crippen LogP contribution in [0.2, 0.25) is 0 Å². The predicted molar refractivity (Wildman–Crippen MR) is 99.4 cm³/mol. The number of carbonyl (C=O) groups is 1. The first-order valence-electron chi connectivity index (χ1n) is 9.53. The number of hydrogen-bond donors (Lipinski definition) is 0. The Kier molecular flexibility index (Phi) is 4.63. The van der Waals surface area contributed by atoms with Crippen LogP contribution in [0.3, 0.4) is 0 Å². The van der Waals surface area contributed by atoms with Crippen LogP contribution in [0.1, 0.15) is 65.8 Å². The van der Waals surface area contributed by atoms with E-state index in [1.807, 2.05) is 37.8 Å². The smallest absolute Gasteiger partial charge is 0.256 e. The van der Waals surface area contributed by atoms with Crippen LogP contribution in [0.25, 0.3) is 0 Å². The molecule has 0 spiro atoms. The molecule has 27 heavy (non-hydrogen) atoms. The Bertz CT molecular complexity index is 861. The monoisotopic (exact) mass is 370 g/mol. The van der Waals surface area contributed by atoms with E-state index < -0.39 is 0 Å². The molecule has 0 aromatic carbocycles. The molecule has 4 rings (SSSR count). The Morgan fingerprint density at radius 2 is 2.19 bits per heavy atom. The van der Waals surface area contributed by atoms with Crippen LogP contribution in [-0.4, -0.2) is 45.5 Å². The Hall–Kier alpha value is -2.41.